The Hall–Kier alpha value is -2.80. The maximum Gasteiger partial charge on any atom is 0.292 e. The lowest BCUT2D eigenvalue weighted by molar-refractivity contribution is -0.123. The van der Waals surface area contributed by atoms with Crippen molar-refractivity contribution in [3.05, 3.63) is 69.4 Å². The zero-order valence-electron chi connectivity index (χ0n) is 20.3. The predicted molar refractivity (Wildman–Crippen MR) is 128 cm³/mol. The van der Waals surface area contributed by atoms with Crippen molar-refractivity contribution in [2.75, 3.05) is 6.26 Å². The maximum absolute atomic E-state index is 15.0. The van der Waals surface area contributed by atoms with E-state index in [1.165, 1.54) is 31.8 Å². The molecule has 3 aromatic rings. The van der Waals surface area contributed by atoms with Crippen molar-refractivity contribution in [3.8, 4) is 0 Å². The molecule has 0 radical (unpaired) electrons. The molecule has 2 aromatic heterocycles. The van der Waals surface area contributed by atoms with Gasteiger partial charge in [-0.2, -0.15) is 13.9 Å². The Labute approximate surface area is 223 Å². The zero-order valence-corrected chi connectivity index (χ0v) is 21.9. The second-order valence-corrected chi connectivity index (χ2v) is 10.2. The van der Waals surface area contributed by atoms with Gasteiger partial charge in [0.05, 0.1) is 12.2 Å². The highest BCUT2D eigenvalue weighted by molar-refractivity contribution is 7.98. The minimum atomic E-state index is -3.49. The van der Waals surface area contributed by atoms with Gasteiger partial charge in [0, 0.05) is 17.5 Å². The van der Waals surface area contributed by atoms with E-state index in [4.69, 9.17) is 11.6 Å². The number of nitrogens with zero attached hydrogens (tertiary/aromatic N) is 4. The molecule has 1 aromatic carbocycles. The number of hydrogen-bond acceptors (Lipinski definition) is 5. The Bertz CT molecular complexity index is 1350. The van der Waals surface area contributed by atoms with Gasteiger partial charge in [0.25, 0.3) is 12.3 Å². The average molecular weight is 578 g/mol. The number of thioether (sulfide) groups is 1. The number of rotatable bonds is 8. The van der Waals surface area contributed by atoms with Gasteiger partial charge in [-0.15, -0.1) is 11.8 Å². The lowest BCUT2D eigenvalue weighted by Gasteiger charge is -2.22. The van der Waals surface area contributed by atoms with E-state index in [-0.39, 0.29) is 28.4 Å². The monoisotopic (exact) mass is 577 g/mol. The van der Waals surface area contributed by atoms with E-state index in [9.17, 15) is 22.4 Å². The molecule has 4 rings (SSSR count). The van der Waals surface area contributed by atoms with Crippen LogP contribution in [0.1, 0.15) is 60.4 Å². The number of carbonyl (C=O) groups excluding carboxylic acids is 1. The summed E-state index contributed by atoms with van der Waals surface area (Å²) in [5, 5.41) is 6.59. The van der Waals surface area contributed by atoms with E-state index in [2.05, 4.69) is 20.4 Å². The van der Waals surface area contributed by atoms with Crippen molar-refractivity contribution in [2.24, 2.45) is 5.92 Å². The largest absolute Gasteiger partial charge is 0.346 e. The van der Waals surface area contributed by atoms with Crippen LogP contribution in [0.15, 0.2) is 29.4 Å². The molecule has 2 heterocycles. The number of benzene rings is 1. The number of amides is 1. The Kier molecular flexibility index (Phi) is 7.99. The Balaban J connectivity index is 1.67. The molecule has 0 unspecified atom stereocenters. The summed E-state index contributed by atoms with van der Waals surface area (Å²) in [6.07, 6.45) is -0.175. The summed E-state index contributed by atoms with van der Waals surface area (Å²) in [4.78, 5) is 21.4. The topological polar surface area (TPSA) is 72.7 Å². The van der Waals surface area contributed by atoms with Crippen molar-refractivity contribution >= 4 is 29.3 Å². The Morgan fingerprint density at radius 2 is 1.84 bits per heavy atom. The molecule has 3 atom stereocenters. The first-order valence-corrected chi connectivity index (χ1v) is 13.0. The van der Waals surface area contributed by atoms with Crippen LogP contribution in [-0.4, -0.2) is 31.9 Å². The molecule has 38 heavy (non-hydrogen) atoms. The van der Waals surface area contributed by atoms with E-state index in [0.717, 1.165) is 12.1 Å². The van der Waals surface area contributed by atoms with Gasteiger partial charge >= 0.3 is 0 Å². The molecule has 0 fully saturated rings. The molecule has 14 heteroatoms. The van der Waals surface area contributed by atoms with Crippen LogP contribution in [0, 0.1) is 17.6 Å². The summed E-state index contributed by atoms with van der Waals surface area (Å²) >= 11 is 7.53. The van der Waals surface area contributed by atoms with Crippen molar-refractivity contribution in [1.29, 1.82) is 0 Å². The van der Waals surface area contributed by atoms with Gasteiger partial charge in [-0.3, -0.25) is 14.5 Å². The molecular formula is C24H22ClF6N5OS. The fourth-order valence-corrected chi connectivity index (χ4v) is 5.26. The van der Waals surface area contributed by atoms with Crippen molar-refractivity contribution in [1.82, 2.24) is 25.1 Å². The van der Waals surface area contributed by atoms with Gasteiger partial charge in [-0.1, -0.05) is 25.4 Å². The number of halogens is 7. The molecule has 0 spiro atoms. The molecule has 6 nitrogen and oxygen atoms in total. The smallest absolute Gasteiger partial charge is 0.292 e. The average Bonchev–Trinajstić information content (AvgIpc) is 3.29. The van der Waals surface area contributed by atoms with Crippen molar-refractivity contribution < 1.29 is 31.1 Å². The molecule has 1 amide bonds. The lowest BCUT2D eigenvalue weighted by atomic mass is 9.94. The summed E-state index contributed by atoms with van der Waals surface area (Å²) in [7, 11) is 0. The van der Waals surface area contributed by atoms with Crippen LogP contribution in [0.2, 0.25) is 5.15 Å². The number of hydrogen-bond donors (Lipinski definition) is 1. The van der Waals surface area contributed by atoms with Crippen LogP contribution < -0.4 is 5.32 Å². The third-order valence-electron chi connectivity index (χ3n) is 6.58. The minimum absolute atomic E-state index is 0.0639. The Morgan fingerprint density at radius 1 is 1.18 bits per heavy atom. The molecule has 0 bridgehead atoms. The van der Waals surface area contributed by atoms with E-state index >= 15 is 8.78 Å². The van der Waals surface area contributed by atoms with Gasteiger partial charge in [-0.05, 0) is 36.3 Å². The van der Waals surface area contributed by atoms with E-state index in [0.29, 0.717) is 15.8 Å². The third kappa shape index (κ3) is 5.35. The third-order valence-corrected chi connectivity index (χ3v) is 7.47. The summed E-state index contributed by atoms with van der Waals surface area (Å²) in [5.41, 5.74) is -1.58. The predicted octanol–water partition coefficient (Wildman–Crippen LogP) is 6.21. The second kappa shape index (κ2) is 10.8. The SMILES string of the molecule is CSc1cnc([C@H](Cc2cc(F)cc(F)c2)NC(=O)Cn2nc(C(F)F)c3c2C(F)(F)[C@H](C)[C@@H]3C)c(Cl)n1. The van der Waals surface area contributed by atoms with Gasteiger partial charge in [0.15, 0.2) is 5.15 Å². The van der Waals surface area contributed by atoms with Crippen LogP contribution in [0.25, 0.3) is 0 Å². The molecule has 1 aliphatic rings. The van der Waals surface area contributed by atoms with Crippen LogP contribution in [0.3, 0.4) is 0 Å². The molecule has 1 N–H and O–H groups in total. The van der Waals surface area contributed by atoms with Gasteiger partial charge in [0.1, 0.15) is 40.3 Å². The lowest BCUT2D eigenvalue weighted by Crippen LogP contribution is -2.35. The molecule has 204 valence electrons. The van der Waals surface area contributed by atoms with Crippen LogP contribution >= 0.6 is 23.4 Å². The van der Waals surface area contributed by atoms with Crippen molar-refractivity contribution in [2.45, 2.75) is 56.1 Å². The van der Waals surface area contributed by atoms with E-state index in [1.54, 1.807) is 6.26 Å². The molecule has 0 saturated heterocycles. The fourth-order valence-electron chi connectivity index (χ4n) is 4.60. The second-order valence-electron chi connectivity index (χ2n) is 9.00. The summed E-state index contributed by atoms with van der Waals surface area (Å²) in [5.74, 6) is -8.25. The van der Waals surface area contributed by atoms with Gasteiger partial charge < -0.3 is 5.32 Å². The van der Waals surface area contributed by atoms with E-state index < -0.39 is 65.7 Å². The van der Waals surface area contributed by atoms with Crippen LogP contribution in [0.5, 0.6) is 0 Å². The first-order valence-electron chi connectivity index (χ1n) is 11.4. The number of aromatic nitrogens is 4. The van der Waals surface area contributed by atoms with Crippen LogP contribution in [0.4, 0.5) is 26.3 Å². The summed E-state index contributed by atoms with van der Waals surface area (Å²) in [6, 6.07) is 1.70. The first-order chi connectivity index (χ1) is 17.8. The summed E-state index contributed by atoms with van der Waals surface area (Å²) < 4.78 is 85.6. The quantitative estimate of drug-likeness (QED) is 0.255. The highest BCUT2D eigenvalue weighted by atomic mass is 35.5. The highest BCUT2D eigenvalue weighted by Gasteiger charge is 2.55. The van der Waals surface area contributed by atoms with Crippen LogP contribution in [-0.2, 0) is 23.7 Å². The minimum Gasteiger partial charge on any atom is -0.346 e. The molecule has 0 saturated carbocycles. The maximum atomic E-state index is 15.0. The van der Waals surface area contributed by atoms with E-state index in [1.807, 2.05) is 0 Å². The zero-order chi connectivity index (χ0) is 27.9. The van der Waals surface area contributed by atoms with Crippen molar-refractivity contribution in [3.63, 3.8) is 0 Å². The molecule has 0 aliphatic heterocycles. The number of carbonyl (C=O) groups is 1. The normalized spacial score (nSPS) is 19.0. The number of fused-ring (bicyclic) bond motifs is 1. The molecular weight excluding hydrogens is 556 g/mol. The molecule has 1 aliphatic carbocycles. The summed E-state index contributed by atoms with van der Waals surface area (Å²) in [6.45, 7) is 1.85. The van der Waals surface area contributed by atoms with Gasteiger partial charge in [0.2, 0.25) is 5.91 Å². The number of nitrogens with one attached hydrogen (secondary N) is 1. The Morgan fingerprint density at radius 3 is 2.42 bits per heavy atom. The first kappa shape index (κ1) is 28.2. The standard InChI is InChI=1S/C24H22ClF6N5OS/c1-10-11(2)24(30,31)21-18(10)20(23(28)29)35-36(21)9-16(37)33-15(6-12-4-13(26)7-14(27)5-12)19-22(25)34-17(38-3)8-32-19/h4-5,7-8,10-11,15,23H,6,9H2,1-3H3,(H,33,37)/t10-,11+,15-/m0/s1. The fraction of sp³-hybridized carbons (Fsp3) is 0.417. The van der Waals surface area contributed by atoms with Gasteiger partial charge in [-0.25, -0.2) is 22.5 Å². The number of alkyl halides is 4. The highest BCUT2D eigenvalue weighted by Crippen LogP contribution is 2.54.